The molecule has 2 heteroatoms. The fourth-order valence-electron chi connectivity index (χ4n) is 1.88. The molecule has 18 heavy (non-hydrogen) atoms. The van der Waals surface area contributed by atoms with Crippen molar-refractivity contribution in [2.45, 2.75) is 61.0 Å². The molecule has 2 nitrogen and oxygen atoms in total. The van der Waals surface area contributed by atoms with E-state index in [0.29, 0.717) is 6.61 Å². The van der Waals surface area contributed by atoms with E-state index in [0.717, 1.165) is 13.0 Å². The Kier molecular flexibility index (Phi) is 7.16. The first-order valence-corrected chi connectivity index (χ1v) is 6.96. The summed E-state index contributed by atoms with van der Waals surface area (Å²) in [6.07, 6.45) is 4.52. The van der Waals surface area contributed by atoms with Crippen LogP contribution in [0.2, 0.25) is 0 Å². The Morgan fingerprint density at radius 1 is 1.11 bits per heavy atom. The van der Waals surface area contributed by atoms with Gasteiger partial charge in [0.05, 0.1) is 19.3 Å². The Morgan fingerprint density at radius 2 is 1.67 bits per heavy atom. The fourth-order valence-corrected chi connectivity index (χ4v) is 1.88. The molecule has 0 aromatic rings. The highest BCUT2D eigenvalue weighted by atomic mass is 16.5. The Labute approximate surface area is 113 Å². The Morgan fingerprint density at radius 3 is 2.11 bits per heavy atom. The first kappa shape index (κ1) is 17.7. The number of allylic oxidation sites excluding steroid dienone is 1. The molecule has 0 spiro atoms. The van der Waals surface area contributed by atoms with Crippen molar-refractivity contribution in [2.24, 2.45) is 16.7 Å². The van der Waals surface area contributed by atoms with Crippen molar-refractivity contribution < 1.29 is 9.84 Å². The lowest BCUT2D eigenvalue weighted by Gasteiger charge is -2.30. The summed E-state index contributed by atoms with van der Waals surface area (Å²) in [6.45, 7) is 16.3. The van der Waals surface area contributed by atoms with Crippen LogP contribution in [0.15, 0.2) is 12.2 Å². The van der Waals surface area contributed by atoms with Crippen LogP contribution < -0.4 is 0 Å². The molecule has 0 radical (unpaired) electrons. The number of aliphatic hydroxyl groups is 1. The van der Waals surface area contributed by atoms with Crippen molar-refractivity contribution in [3.05, 3.63) is 12.2 Å². The molecule has 0 aliphatic heterocycles. The average molecular weight is 256 g/mol. The molecule has 0 saturated heterocycles. The van der Waals surface area contributed by atoms with Crippen LogP contribution in [0, 0.1) is 16.7 Å². The molecular formula is C16H32O2. The van der Waals surface area contributed by atoms with E-state index in [1.807, 2.05) is 13.0 Å². The van der Waals surface area contributed by atoms with E-state index in [1.165, 1.54) is 0 Å². The Hall–Kier alpha value is -0.340. The van der Waals surface area contributed by atoms with Gasteiger partial charge >= 0.3 is 0 Å². The molecule has 0 aliphatic carbocycles. The largest absolute Gasteiger partial charge is 0.393 e. The first-order valence-electron chi connectivity index (χ1n) is 6.96. The lowest BCUT2D eigenvalue weighted by atomic mass is 9.83. The molecular weight excluding hydrogens is 224 g/mol. The van der Waals surface area contributed by atoms with Crippen molar-refractivity contribution in [3.8, 4) is 0 Å². The maximum Gasteiger partial charge on any atom is 0.0606 e. The second-order valence-corrected chi connectivity index (χ2v) is 7.37. The number of hydrogen-bond acceptors (Lipinski definition) is 2. The van der Waals surface area contributed by atoms with E-state index in [-0.39, 0.29) is 22.9 Å². The van der Waals surface area contributed by atoms with Crippen molar-refractivity contribution in [1.29, 1.82) is 0 Å². The normalized spacial score (nSPS) is 17.1. The molecule has 0 aromatic carbocycles. The number of rotatable bonds is 7. The van der Waals surface area contributed by atoms with Gasteiger partial charge in [-0.2, -0.15) is 0 Å². The fraction of sp³-hybridized carbons (Fsp3) is 0.875. The van der Waals surface area contributed by atoms with Gasteiger partial charge in [-0.1, -0.05) is 53.7 Å². The van der Waals surface area contributed by atoms with Gasteiger partial charge in [0.1, 0.15) is 0 Å². The maximum atomic E-state index is 10.1. The predicted octanol–water partition coefficient (Wildman–Crippen LogP) is 4.04. The number of hydrogen-bond donors (Lipinski definition) is 1. The van der Waals surface area contributed by atoms with Gasteiger partial charge in [0, 0.05) is 0 Å². The van der Waals surface area contributed by atoms with Gasteiger partial charge in [-0.15, -0.1) is 0 Å². The lowest BCUT2D eigenvalue weighted by molar-refractivity contribution is -0.00595. The summed E-state index contributed by atoms with van der Waals surface area (Å²) in [7, 11) is 0. The molecule has 0 rings (SSSR count). The molecule has 0 fully saturated rings. The third-order valence-corrected chi connectivity index (χ3v) is 2.89. The molecule has 2 atom stereocenters. The zero-order chi connectivity index (χ0) is 14.4. The minimum absolute atomic E-state index is 0.0144. The SMILES string of the molecule is CC=CC(C)C(O)CC(C)(C)COCC(C)(C)C. The second-order valence-electron chi connectivity index (χ2n) is 7.37. The van der Waals surface area contributed by atoms with Gasteiger partial charge in [-0.25, -0.2) is 0 Å². The molecule has 0 heterocycles. The summed E-state index contributed by atoms with van der Waals surface area (Å²) in [5.74, 6) is 0.205. The van der Waals surface area contributed by atoms with Crippen LogP contribution in [0.1, 0.15) is 54.9 Å². The highest BCUT2D eigenvalue weighted by Crippen LogP contribution is 2.27. The van der Waals surface area contributed by atoms with Crippen LogP contribution in [0.25, 0.3) is 0 Å². The smallest absolute Gasteiger partial charge is 0.0606 e. The highest BCUT2D eigenvalue weighted by Gasteiger charge is 2.25. The van der Waals surface area contributed by atoms with Gasteiger partial charge in [-0.05, 0) is 30.1 Å². The van der Waals surface area contributed by atoms with Crippen molar-refractivity contribution in [2.75, 3.05) is 13.2 Å². The molecule has 108 valence electrons. The van der Waals surface area contributed by atoms with Gasteiger partial charge in [0.25, 0.3) is 0 Å². The lowest BCUT2D eigenvalue weighted by Crippen LogP contribution is -2.30. The molecule has 1 N–H and O–H groups in total. The van der Waals surface area contributed by atoms with Crippen LogP contribution in [0.4, 0.5) is 0 Å². The van der Waals surface area contributed by atoms with Crippen LogP contribution >= 0.6 is 0 Å². The average Bonchev–Trinajstić information content (AvgIpc) is 2.14. The van der Waals surface area contributed by atoms with E-state index in [4.69, 9.17) is 4.74 Å². The van der Waals surface area contributed by atoms with Crippen molar-refractivity contribution >= 4 is 0 Å². The van der Waals surface area contributed by atoms with E-state index in [9.17, 15) is 5.11 Å². The van der Waals surface area contributed by atoms with Gasteiger partial charge in [0.2, 0.25) is 0 Å². The molecule has 0 amide bonds. The molecule has 2 unspecified atom stereocenters. The van der Waals surface area contributed by atoms with E-state index < -0.39 is 0 Å². The number of aliphatic hydroxyl groups excluding tert-OH is 1. The third-order valence-electron chi connectivity index (χ3n) is 2.89. The van der Waals surface area contributed by atoms with Gasteiger partial charge < -0.3 is 9.84 Å². The minimum Gasteiger partial charge on any atom is -0.393 e. The third kappa shape index (κ3) is 8.71. The number of ether oxygens (including phenoxy) is 1. The zero-order valence-corrected chi connectivity index (χ0v) is 13.3. The first-order chi connectivity index (χ1) is 8.07. The van der Waals surface area contributed by atoms with E-state index >= 15 is 0 Å². The van der Waals surface area contributed by atoms with Crippen LogP contribution in [-0.2, 0) is 4.74 Å². The minimum atomic E-state index is -0.297. The van der Waals surface area contributed by atoms with Crippen molar-refractivity contribution in [1.82, 2.24) is 0 Å². The topological polar surface area (TPSA) is 29.5 Å². The predicted molar refractivity (Wildman–Crippen MR) is 78.7 cm³/mol. The zero-order valence-electron chi connectivity index (χ0n) is 13.3. The van der Waals surface area contributed by atoms with Crippen LogP contribution in [0.5, 0.6) is 0 Å². The summed E-state index contributed by atoms with van der Waals surface area (Å²) >= 11 is 0. The van der Waals surface area contributed by atoms with Crippen molar-refractivity contribution in [3.63, 3.8) is 0 Å². The van der Waals surface area contributed by atoms with E-state index in [2.05, 4.69) is 47.6 Å². The van der Waals surface area contributed by atoms with E-state index in [1.54, 1.807) is 0 Å². The summed E-state index contributed by atoms with van der Waals surface area (Å²) < 4.78 is 5.77. The molecule has 0 aromatic heterocycles. The monoisotopic (exact) mass is 256 g/mol. The quantitative estimate of drug-likeness (QED) is 0.697. The maximum absolute atomic E-state index is 10.1. The highest BCUT2D eigenvalue weighted by molar-refractivity contribution is 4.89. The van der Waals surface area contributed by atoms with Gasteiger partial charge in [-0.3, -0.25) is 0 Å². The molecule has 0 bridgehead atoms. The second kappa shape index (κ2) is 7.30. The Bertz CT molecular complexity index is 248. The summed E-state index contributed by atoms with van der Waals surface area (Å²) in [5.41, 5.74) is 0.216. The van der Waals surface area contributed by atoms with Crippen LogP contribution in [0.3, 0.4) is 0 Å². The van der Waals surface area contributed by atoms with Gasteiger partial charge in [0.15, 0.2) is 0 Å². The summed E-state index contributed by atoms with van der Waals surface area (Å²) in [4.78, 5) is 0. The Balaban J connectivity index is 4.14. The molecule has 0 saturated carbocycles. The molecule has 0 aliphatic rings. The standard InChI is InChI=1S/C16H32O2/c1-8-9-13(2)14(17)10-16(6,7)12-18-11-15(3,4)5/h8-9,13-14,17H,10-12H2,1-7H3. The van der Waals surface area contributed by atoms with Crippen LogP contribution in [-0.4, -0.2) is 24.4 Å². The summed E-state index contributed by atoms with van der Waals surface area (Å²) in [5, 5.41) is 10.1. The summed E-state index contributed by atoms with van der Waals surface area (Å²) in [6, 6.07) is 0.